The van der Waals surface area contributed by atoms with Crippen LogP contribution in [0.15, 0.2) is 24.3 Å². The van der Waals surface area contributed by atoms with Crippen LogP contribution in [0.25, 0.3) is 0 Å². The molecule has 2 amide bonds. The quantitative estimate of drug-likeness (QED) is 0.816. The van der Waals surface area contributed by atoms with Crippen molar-refractivity contribution in [1.82, 2.24) is 4.90 Å². The molecule has 1 unspecified atom stereocenters. The molecule has 1 aliphatic rings. The topological polar surface area (TPSA) is 63.4 Å². The summed E-state index contributed by atoms with van der Waals surface area (Å²) in [6.07, 6.45) is 0. The Morgan fingerprint density at radius 2 is 1.78 bits per heavy atom. The van der Waals surface area contributed by atoms with Crippen LogP contribution in [0.4, 0.5) is 0 Å². The Kier molecular flexibility index (Phi) is 4.04. The Morgan fingerprint density at radius 3 is 2.28 bits per heavy atom. The molecule has 5 heteroatoms. The molecule has 0 aromatic heterocycles. The van der Waals surface area contributed by atoms with E-state index >= 15 is 0 Å². The highest BCUT2D eigenvalue weighted by Crippen LogP contribution is 2.22. The Morgan fingerprint density at radius 1 is 1.22 bits per heavy atom. The van der Waals surface area contributed by atoms with Crippen molar-refractivity contribution >= 4 is 23.6 Å². The fraction of sp³-hybridized carbons (Fsp3) is 0.385. The average molecular weight is 264 g/mol. The fourth-order valence-electron chi connectivity index (χ4n) is 1.86. The SMILES string of the molecule is CC(CN)SCCN1C(=O)c2ccccc2C1=O. The summed E-state index contributed by atoms with van der Waals surface area (Å²) in [5.74, 6) is 0.359. The van der Waals surface area contributed by atoms with Crippen molar-refractivity contribution in [2.75, 3.05) is 18.8 Å². The molecule has 96 valence electrons. The van der Waals surface area contributed by atoms with Crippen molar-refractivity contribution in [1.29, 1.82) is 0 Å². The van der Waals surface area contributed by atoms with Crippen molar-refractivity contribution in [3.8, 4) is 0 Å². The molecule has 1 atom stereocenters. The second-order valence-electron chi connectivity index (χ2n) is 4.22. The molecule has 1 aliphatic heterocycles. The fourth-order valence-corrected chi connectivity index (χ4v) is 2.68. The van der Waals surface area contributed by atoms with E-state index in [-0.39, 0.29) is 11.8 Å². The lowest BCUT2D eigenvalue weighted by Gasteiger charge is -2.15. The van der Waals surface area contributed by atoms with Crippen LogP contribution in [-0.2, 0) is 0 Å². The molecular formula is C13H16N2O2S. The van der Waals surface area contributed by atoms with Crippen molar-refractivity contribution < 1.29 is 9.59 Å². The molecule has 0 saturated carbocycles. The summed E-state index contributed by atoms with van der Waals surface area (Å²) >= 11 is 1.67. The molecule has 0 spiro atoms. The number of imide groups is 1. The van der Waals surface area contributed by atoms with Gasteiger partial charge in [-0.05, 0) is 12.1 Å². The number of carbonyl (C=O) groups is 2. The van der Waals surface area contributed by atoms with E-state index in [1.165, 1.54) is 4.90 Å². The highest BCUT2D eigenvalue weighted by Gasteiger charge is 2.34. The van der Waals surface area contributed by atoms with E-state index in [0.29, 0.717) is 29.5 Å². The third kappa shape index (κ3) is 2.42. The predicted molar refractivity (Wildman–Crippen MR) is 72.8 cm³/mol. The maximum Gasteiger partial charge on any atom is 0.261 e. The number of hydrogen-bond acceptors (Lipinski definition) is 4. The molecule has 18 heavy (non-hydrogen) atoms. The Labute approximate surface area is 111 Å². The Bertz CT molecular complexity index is 441. The van der Waals surface area contributed by atoms with Crippen LogP contribution >= 0.6 is 11.8 Å². The molecule has 2 N–H and O–H groups in total. The number of nitrogens with two attached hydrogens (primary N) is 1. The number of hydrogen-bond donors (Lipinski definition) is 1. The van der Waals surface area contributed by atoms with Crippen LogP contribution < -0.4 is 5.73 Å². The highest BCUT2D eigenvalue weighted by atomic mass is 32.2. The first-order chi connectivity index (χ1) is 8.65. The third-order valence-corrected chi connectivity index (χ3v) is 4.11. The monoisotopic (exact) mass is 264 g/mol. The summed E-state index contributed by atoms with van der Waals surface area (Å²) in [5, 5.41) is 0.347. The second-order valence-corrected chi connectivity index (χ2v) is 5.77. The zero-order valence-electron chi connectivity index (χ0n) is 10.3. The number of fused-ring (bicyclic) bond motifs is 1. The van der Waals surface area contributed by atoms with Gasteiger partial charge in [-0.1, -0.05) is 19.1 Å². The first-order valence-corrected chi connectivity index (χ1v) is 6.97. The Balaban J connectivity index is 2.01. The van der Waals surface area contributed by atoms with Gasteiger partial charge in [-0.25, -0.2) is 0 Å². The summed E-state index contributed by atoms with van der Waals surface area (Å²) in [6, 6.07) is 6.95. The standard InChI is InChI=1S/C13H16N2O2S/c1-9(8-14)18-7-6-15-12(16)10-4-2-3-5-11(10)13(15)17/h2-5,9H,6-8,14H2,1H3. The van der Waals surface area contributed by atoms with E-state index in [9.17, 15) is 9.59 Å². The summed E-state index contributed by atoms with van der Waals surface area (Å²) in [5.41, 5.74) is 6.55. The smallest absolute Gasteiger partial charge is 0.261 e. The maximum absolute atomic E-state index is 12.0. The van der Waals surface area contributed by atoms with E-state index < -0.39 is 0 Å². The number of benzene rings is 1. The predicted octanol–water partition coefficient (Wildman–Crippen LogP) is 1.36. The van der Waals surface area contributed by atoms with Crippen molar-refractivity contribution in [3.05, 3.63) is 35.4 Å². The number of amides is 2. The minimum atomic E-state index is -0.184. The van der Waals surface area contributed by atoms with Crippen LogP contribution in [0, 0.1) is 0 Å². The van der Waals surface area contributed by atoms with Gasteiger partial charge in [-0.3, -0.25) is 14.5 Å². The largest absolute Gasteiger partial charge is 0.329 e. The third-order valence-electron chi connectivity index (χ3n) is 2.93. The van der Waals surface area contributed by atoms with Crippen molar-refractivity contribution in [2.45, 2.75) is 12.2 Å². The molecule has 0 radical (unpaired) electrons. The summed E-state index contributed by atoms with van der Waals surface area (Å²) < 4.78 is 0. The lowest BCUT2D eigenvalue weighted by atomic mass is 10.1. The molecule has 0 saturated heterocycles. The second kappa shape index (κ2) is 5.54. The molecule has 0 bridgehead atoms. The lowest BCUT2D eigenvalue weighted by Crippen LogP contribution is -2.32. The average Bonchev–Trinajstić information content (AvgIpc) is 2.64. The van der Waals surface area contributed by atoms with Gasteiger partial charge in [0.15, 0.2) is 0 Å². The minimum Gasteiger partial charge on any atom is -0.329 e. The van der Waals surface area contributed by atoms with E-state index in [0.717, 1.165) is 5.75 Å². The molecule has 2 rings (SSSR count). The van der Waals surface area contributed by atoms with E-state index in [1.54, 1.807) is 36.0 Å². The van der Waals surface area contributed by atoms with Gasteiger partial charge in [0.2, 0.25) is 0 Å². The van der Waals surface area contributed by atoms with Crippen LogP contribution in [0.5, 0.6) is 0 Å². The summed E-state index contributed by atoms with van der Waals surface area (Å²) in [4.78, 5) is 25.4. The number of thioether (sulfide) groups is 1. The van der Waals surface area contributed by atoms with Gasteiger partial charge in [0, 0.05) is 24.1 Å². The van der Waals surface area contributed by atoms with Crippen LogP contribution in [0.2, 0.25) is 0 Å². The minimum absolute atomic E-state index is 0.184. The number of rotatable bonds is 5. The Hall–Kier alpha value is -1.33. The normalized spacial score (nSPS) is 16.0. The van der Waals surface area contributed by atoms with Crippen molar-refractivity contribution in [3.63, 3.8) is 0 Å². The molecule has 4 nitrogen and oxygen atoms in total. The van der Waals surface area contributed by atoms with Gasteiger partial charge in [0.25, 0.3) is 11.8 Å². The summed E-state index contributed by atoms with van der Waals surface area (Å²) in [7, 11) is 0. The molecular weight excluding hydrogens is 248 g/mol. The highest BCUT2D eigenvalue weighted by molar-refractivity contribution is 7.99. The lowest BCUT2D eigenvalue weighted by molar-refractivity contribution is 0.0664. The van der Waals surface area contributed by atoms with Crippen LogP contribution in [0.1, 0.15) is 27.6 Å². The molecule has 0 aliphatic carbocycles. The van der Waals surface area contributed by atoms with Gasteiger partial charge in [-0.15, -0.1) is 0 Å². The molecule has 1 heterocycles. The molecule has 0 fully saturated rings. The van der Waals surface area contributed by atoms with E-state index in [1.807, 2.05) is 6.92 Å². The van der Waals surface area contributed by atoms with E-state index in [4.69, 9.17) is 5.73 Å². The van der Waals surface area contributed by atoms with Gasteiger partial charge >= 0.3 is 0 Å². The van der Waals surface area contributed by atoms with Gasteiger partial charge in [-0.2, -0.15) is 11.8 Å². The maximum atomic E-state index is 12.0. The van der Waals surface area contributed by atoms with Crippen LogP contribution in [-0.4, -0.2) is 40.8 Å². The molecule has 1 aromatic rings. The molecule has 1 aromatic carbocycles. The number of carbonyl (C=O) groups excluding carboxylic acids is 2. The summed E-state index contributed by atoms with van der Waals surface area (Å²) in [6.45, 7) is 3.08. The van der Waals surface area contributed by atoms with Gasteiger partial charge in [0.1, 0.15) is 0 Å². The van der Waals surface area contributed by atoms with Gasteiger partial charge < -0.3 is 5.73 Å². The first-order valence-electron chi connectivity index (χ1n) is 5.92. The number of nitrogens with zero attached hydrogens (tertiary/aromatic N) is 1. The van der Waals surface area contributed by atoms with Crippen molar-refractivity contribution in [2.24, 2.45) is 5.73 Å². The first kappa shape index (κ1) is 13.1. The zero-order valence-corrected chi connectivity index (χ0v) is 11.1. The van der Waals surface area contributed by atoms with Gasteiger partial charge in [0.05, 0.1) is 11.1 Å². The van der Waals surface area contributed by atoms with E-state index in [2.05, 4.69) is 0 Å². The van der Waals surface area contributed by atoms with Crippen LogP contribution in [0.3, 0.4) is 0 Å². The zero-order chi connectivity index (χ0) is 13.1.